The Morgan fingerprint density at radius 3 is 2.40 bits per heavy atom. The van der Waals surface area contributed by atoms with Crippen LogP contribution < -0.4 is 14.8 Å². The molecule has 0 amide bonds. The number of aliphatic carboxylic acids is 3. The number of nitrogens with zero attached hydrogens (tertiary/aromatic N) is 1. The van der Waals surface area contributed by atoms with E-state index in [-0.39, 0.29) is 6.10 Å². The van der Waals surface area contributed by atoms with Crippen molar-refractivity contribution in [3.63, 3.8) is 0 Å². The van der Waals surface area contributed by atoms with Gasteiger partial charge in [0.25, 0.3) is 0 Å². The minimum absolute atomic E-state index is 0.252. The van der Waals surface area contributed by atoms with E-state index < -0.39 is 36.4 Å². The summed E-state index contributed by atoms with van der Waals surface area (Å²) in [5.74, 6) is -1.42. The lowest BCUT2D eigenvalue weighted by Crippen LogP contribution is -2.42. The molecule has 1 aliphatic carbocycles. The molecule has 1 fully saturated rings. The van der Waals surface area contributed by atoms with Crippen molar-refractivity contribution in [2.75, 3.05) is 6.61 Å². The monoisotopic (exact) mass is 562 g/mol. The first kappa shape index (κ1) is 30.9. The van der Waals surface area contributed by atoms with Gasteiger partial charge in [-0.25, -0.2) is 4.79 Å². The zero-order valence-electron chi connectivity index (χ0n) is 23.0. The van der Waals surface area contributed by atoms with Crippen molar-refractivity contribution in [1.82, 2.24) is 10.5 Å². The maximum absolute atomic E-state index is 10.3. The van der Waals surface area contributed by atoms with Gasteiger partial charge in [0.1, 0.15) is 23.4 Å². The number of aliphatic hydroxyl groups is 1. The molecule has 2 aromatic rings. The van der Waals surface area contributed by atoms with Gasteiger partial charge in [-0.1, -0.05) is 11.6 Å². The van der Waals surface area contributed by atoms with Crippen molar-refractivity contribution < 1.29 is 48.8 Å². The minimum atomic E-state index is -2.74. The normalized spacial score (nSPS) is 19.8. The standard InChI is InChI=1S/C22H30N2O3.C6H8O7/c1-4-25-21-11-17-9-15(3)26-22(17)12-18(21)13-23-20-7-5-6-16(20)10-19-8-14(2)24-27-19;7-3(8)1-6(13,5(11)12)2-4(9)10/h8,11-12,15-16,20,23H,4-7,9-10,13H2,1-3H3;13H,1-2H2,(H,7,8)(H,9,10)(H,11,12)/t15?,16-,20+;/m0./s1. The second kappa shape index (κ2) is 13.6. The number of rotatable bonds is 12. The summed E-state index contributed by atoms with van der Waals surface area (Å²) < 4.78 is 17.3. The average Bonchev–Trinajstić information content (AvgIpc) is 3.56. The maximum Gasteiger partial charge on any atom is 0.336 e. The Kier molecular flexibility index (Phi) is 10.5. The number of benzene rings is 1. The van der Waals surface area contributed by atoms with Crippen LogP contribution in [-0.2, 0) is 33.8 Å². The number of carbonyl (C=O) groups is 3. The van der Waals surface area contributed by atoms with E-state index >= 15 is 0 Å². The van der Waals surface area contributed by atoms with E-state index in [1.807, 2.05) is 13.8 Å². The van der Waals surface area contributed by atoms with Gasteiger partial charge in [-0.3, -0.25) is 9.59 Å². The van der Waals surface area contributed by atoms with Crippen LogP contribution in [0, 0.1) is 12.8 Å². The molecule has 0 saturated heterocycles. The fraction of sp³-hybridized carbons (Fsp3) is 0.571. The molecule has 2 aliphatic rings. The number of aryl methyl sites for hydroxylation is 1. The maximum atomic E-state index is 10.3. The molecule has 12 nitrogen and oxygen atoms in total. The summed E-state index contributed by atoms with van der Waals surface area (Å²) in [7, 11) is 0. The van der Waals surface area contributed by atoms with Crippen molar-refractivity contribution in [2.45, 2.75) is 90.0 Å². The predicted octanol–water partition coefficient (Wildman–Crippen LogP) is 2.96. The number of fused-ring (bicyclic) bond motifs is 1. The topological polar surface area (TPSA) is 189 Å². The summed E-state index contributed by atoms with van der Waals surface area (Å²) in [5, 5.41) is 41.6. The fourth-order valence-corrected chi connectivity index (χ4v) is 5.19. The van der Waals surface area contributed by atoms with Gasteiger partial charge in [0.15, 0.2) is 5.60 Å². The second-order valence-electron chi connectivity index (χ2n) is 10.4. The van der Waals surface area contributed by atoms with Gasteiger partial charge in [-0.15, -0.1) is 0 Å². The van der Waals surface area contributed by atoms with Gasteiger partial charge in [-0.05, 0) is 51.7 Å². The third kappa shape index (κ3) is 8.43. The van der Waals surface area contributed by atoms with E-state index in [0.29, 0.717) is 18.6 Å². The Morgan fingerprint density at radius 2 is 1.82 bits per heavy atom. The van der Waals surface area contributed by atoms with Crippen LogP contribution in [0.5, 0.6) is 11.5 Å². The molecule has 1 saturated carbocycles. The molecule has 1 aromatic heterocycles. The third-order valence-electron chi connectivity index (χ3n) is 7.02. The molecular weight excluding hydrogens is 524 g/mol. The van der Waals surface area contributed by atoms with Crippen molar-refractivity contribution in [2.24, 2.45) is 5.92 Å². The lowest BCUT2D eigenvalue weighted by atomic mass is 9.96. The number of hydrogen-bond donors (Lipinski definition) is 5. The Labute approximate surface area is 232 Å². The van der Waals surface area contributed by atoms with E-state index in [2.05, 4.69) is 35.6 Å². The molecule has 1 unspecified atom stereocenters. The second-order valence-corrected chi connectivity index (χ2v) is 10.4. The fourth-order valence-electron chi connectivity index (χ4n) is 5.19. The number of hydrogen-bond acceptors (Lipinski definition) is 9. The van der Waals surface area contributed by atoms with Crippen molar-refractivity contribution in [3.05, 3.63) is 40.8 Å². The molecule has 3 atom stereocenters. The molecule has 0 radical (unpaired) electrons. The summed E-state index contributed by atoms with van der Waals surface area (Å²) in [5.41, 5.74) is 0.665. The van der Waals surface area contributed by atoms with Crippen LogP contribution in [0.2, 0.25) is 0 Å². The number of aromatic nitrogens is 1. The molecule has 12 heteroatoms. The molecule has 5 N–H and O–H groups in total. The summed E-state index contributed by atoms with van der Waals surface area (Å²) >= 11 is 0. The first-order valence-electron chi connectivity index (χ1n) is 13.4. The molecular formula is C28H38N2O10. The first-order valence-corrected chi connectivity index (χ1v) is 13.4. The van der Waals surface area contributed by atoms with Crippen LogP contribution >= 0.6 is 0 Å². The largest absolute Gasteiger partial charge is 0.494 e. The minimum Gasteiger partial charge on any atom is -0.494 e. The van der Waals surface area contributed by atoms with Crippen LogP contribution in [0.4, 0.5) is 0 Å². The zero-order chi connectivity index (χ0) is 29.4. The van der Waals surface area contributed by atoms with Crippen LogP contribution in [0.25, 0.3) is 0 Å². The Morgan fingerprint density at radius 1 is 1.12 bits per heavy atom. The van der Waals surface area contributed by atoms with E-state index in [0.717, 1.165) is 42.3 Å². The smallest absolute Gasteiger partial charge is 0.336 e. The molecule has 0 spiro atoms. The highest BCUT2D eigenvalue weighted by Crippen LogP contribution is 2.36. The van der Waals surface area contributed by atoms with E-state index in [4.69, 9.17) is 34.4 Å². The molecule has 0 bridgehead atoms. The van der Waals surface area contributed by atoms with Gasteiger partial charge in [0, 0.05) is 42.6 Å². The van der Waals surface area contributed by atoms with Crippen LogP contribution in [-0.4, -0.2) is 67.8 Å². The molecule has 1 aliphatic heterocycles. The SMILES string of the molecule is CCOc1cc2c(cc1CN[C@@H]1CCC[C@H]1Cc1cc(C)no1)OC(C)C2.O=C(O)CC(O)(CC(=O)O)C(=O)O. The van der Waals surface area contributed by atoms with E-state index in [1.165, 1.54) is 30.4 Å². The van der Waals surface area contributed by atoms with Gasteiger partial charge in [0.05, 0.1) is 25.1 Å². The van der Waals surface area contributed by atoms with Gasteiger partial charge in [-0.2, -0.15) is 0 Å². The van der Waals surface area contributed by atoms with E-state index in [9.17, 15) is 14.4 Å². The lowest BCUT2D eigenvalue weighted by molar-refractivity contribution is -0.170. The Balaban J connectivity index is 0.000000289. The summed E-state index contributed by atoms with van der Waals surface area (Å²) in [4.78, 5) is 30.5. The summed E-state index contributed by atoms with van der Waals surface area (Å²) in [6, 6.07) is 6.89. The molecule has 2 heterocycles. The highest BCUT2D eigenvalue weighted by atomic mass is 16.5. The van der Waals surface area contributed by atoms with Crippen molar-refractivity contribution in [1.29, 1.82) is 0 Å². The zero-order valence-corrected chi connectivity index (χ0v) is 23.0. The summed E-state index contributed by atoms with van der Waals surface area (Å²) in [6.45, 7) is 7.61. The Hall–Kier alpha value is -3.64. The highest BCUT2D eigenvalue weighted by molar-refractivity contribution is 5.88. The van der Waals surface area contributed by atoms with Crippen LogP contribution in [0.3, 0.4) is 0 Å². The Bertz CT molecular complexity index is 1180. The molecule has 4 rings (SSSR count). The van der Waals surface area contributed by atoms with Crippen molar-refractivity contribution in [3.8, 4) is 11.5 Å². The van der Waals surface area contributed by atoms with Crippen LogP contribution in [0.1, 0.15) is 68.5 Å². The quantitative estimate of drug-likeness (QED) is 0.255. The first-order chi connectivity index (χ1) is 18.9. The van der Waals surface area contributed by atoms with E-state index in [1.54, 1.807) is 0 Å². The lowest BCUT2D eigenvalue weighted by Gasteiger charge is -2.21. The molecule has 220 valence electrons. The third-order valence-corrected chi connectivity index (χ3v) is 7.02. The average molecular weight is 563 g/mol. The van der Waals surface area contributed by atoms with Gasteiger partial charge in [0.2, 0.25) is 0 Å². The van der Waals surface area contributed by atoms with Crippen molar-refractivity contribution >= 4 is 17.9 Å². The van der Waals surface area contributed by atoms with Crippen LogP contribution in [0.15, 0.2) is 22.7 Å². The van der Waals surface area contributed by atoms with Gasteiger partial charge >= 0.3 is 17.9 Å². The molecule has 40 heavy (non-hydrogen) atoms. The summed E-state index contributed by atoms with van der Waals surface area (Å²) in [6.07, 6.45) is 3.59. The molecule has 1 aromatic carbocycles. The van der Waals surface area contributed by atoms with Gasteiger partial charge < -0.3 is 39.7 Å². The number of carboxylic acids is 3. The number of nitrogens with one attached hydrogen (secondary N) is 1. The number of ether oxygens (including phenoxy) is 2. The highest BCUT2D eigenvalue weighted by Gasteiger charge is 2.40. The number of carboxylic acid groups (broad SMARTS) is 3. The predicted molar refractivity (Wildman–Crippen MR) is 141 cm³/mol.